The van der Waals surface area contributed by atoms with E-state index in [0.717, 1.165) is 10.9 Å². The molecule has 0 saturated carbocycles. The molecule has 0 bridgehead atoms. The van der Waals surface area contributed by atoms with Gasteiger partial charge < -0.3 is 4.74 Å². The minimum atomic E-state index is -0.504. The molecular formula is C18H21NO2. The fraction of sp³-hybridized carbons (Fsp3) is 0.333. The van der Waals surface area contributed by atoms with Crippen LogP contribution in [-0.4, -0.2) is 23.8 Å². The number of esters is 1. The highest BCUT2D eigenvalue weighted by atomic mass is 16.6. The molecule has 1 atom stereocenters. The van der Waals surface area contributed by atoms with Gasteiger partial charge in [0.05, 0.1) is 0 Å². The first kappa shape index (κ1) is 15.2. The fourth-order valence-electron chi connectivity index (χ4n) is 1.93. The molecule has 0 amide bonds. The van der Waals surface area contributed by atoms with Gasteiger partial charge in [-0.2, -0.15) is 0 Å². The van der Waals surface area contributed by atoms with Gasteiger partial charge in [-0.1, -0.05) is 36.4 Å². The Hall–Kier alpha value is -2.16. The van der Waals surface area contributed by atoms with E-state index in [2.05, 4.69) is 29.3 Å². The number of hydrogen-bond donors (Lipinski definition) is 0. The van der Waals surface area contributed by atoms with Gasteiger partial charge in [0.25, 0.3) is 0 Å². The maximum absolute atomic E-state index is 11.9. The van der Waals surface area contributed by atoms with Crippen LogP contribution in [0.3, 0.4) is 0 Å². The highest BCUT2D eigenvalue weighted by molar-refractivity contribution is 5.91. The van der Waals surface area contributed by atoms with E-state index in [9.17, 15) is 4.79 Å². The van der Waals surface area contributed by atoms with Crippen molar-refractivity contribution in [2.75, 3.05) is 0 Å². The van der Waals surface area contributed by atoms with Crippen LogP contribution in [0.4, 0.5) is 0 Å². The summed E-state index contributed by atoms with van der Waals surface area (Å²) in [6.07, 6.45) is 1.72. The Kier molecular flexibility index (Phi) is 4.41. The van der Waals surface area contributed by atoms with Gasteiger partial charge >= 0.3 is 5.97 Å². The van der Waals surface area contributed by atoms with E-state index in [1.165, 1.54) is 5.39 Å². The summed E-state index contributed by atoms with van der Waals surface area (Å²) < 4.78 is 5.31. The lowest BCUT2D eigenvalue weighted by atomic mass is 10.1. The molecule has 2 aromatic carbocycles. The highest BCUT2D eigenvalue weighted by Gasteiger charge is 2.20. The molecule has 0 saturated heterocycles. The molecule has 1 unspecified atom stereocenters. The van der Waals surface area contributed by atoms with Gasteiger partial charge in [0, 0.05) is 6.21 Å². The molecule has 2 rings (SSSR count). The zero-order chi connectivity index (χ0) is 15.5. The normalized spacial score (nSPS) is 13.5. The van der Waals surface area contributed by atoms with Crippen molar-refractivity contribution in [3.63, 3.8) is 0 Å². The lowest BCUT2D eigenvalue weighted by molar-refractivity contribution is -0.155. The minimum Gasteiger partial charge on any atom is -0.458 e. The van der Waals surface area contributed by atoms with Gasteiger partial charge in [-0.05, 0) is 50.1 Å². The van der Waals surface area contributed by atoms with Crippen LogP contribution < -0.4 is 0 Å². The van der Waals surface area contributed by atoms with Crippen molar-refractivity contribution in [3.8, 4) is 0 Å². The van der Waals surface area contributed by atoms with E-state index in [0.29, 0.717) is 0 Å². The Morgan fingerprint density at radius 3 is 2.48 bits per heavy atom. The number of aliphatic imine (C=N–C) groups is 1. The third-order valence-electron chi connectivity index (χ3n) is 2.97. The minimum absolute atomic E-state index is 0.306. The third kappa shape index (κ3) is 4.42. The molecule has 2 aromatic rings. The molecule has 0 aliphatic carbocycles. The third-order valence-corrected chi connectivity index (χ3v) is 2.97. The van der Waals surface area contributed by atoms with Crippen LogP contribution in [0.1, 0.15) is 33.3 Å². The van der Waals surface area contributed by atoms with Crippen LogP contribution in [0.2, 0.25) is 0 Å². The molecule has 21 heavy (non-hydrogen) atoms. The molecule has 0 aliphatic heterocycles. The quantitative estimate of drug-likeness (QED) is 0.631. The lowest BCUT2D eigenvalue weighted by Crippen LogP contribution is -2.29. The van der Waals surface area contributed by atoms with E-state index in [1.54, 1.807) is 13.1 Å². The van der Waals surface area contributed by atoms with Crippen molar-refractivity contribution in [1.29, 1.82) is 0 Å². The summed E-state index contributed by atoms with van der Waals surface area (Å²) in [5.74, 6) is -0.306. The monoisotopic (exact) mass is 283 g/mol. The molecular weight excluding hydrogens is 262 g/mol. The Morgan fingerprint density at radius 1 is 1.14 bits per heavy atom. The maximum atomic E-state index is 11.9. The fourth-order valence-corrected chi connectivity index (χ4v) is 1.93. The summed E-state index contributed by atoms with van der Waals surface area (Å²) in [5.41, 5.74) is 0.494. The van der Waals surface area contributed by atoms with Crippen molar-refractivity contribution in [2.24, 2.45) is 4.99 Å². The summed E-state index contributed by atoms with van der Waals surface area (Å²) in [7, 11) is 0. The number of nitrogens with zero attached hydrogens (tertiary/aromatic N) is 1. The molecule has 0 heterocycles. The average Bonchev–Trinajstić information content (AvgIpc) is 2.42. The molecule has 3 heteroatoms. The van der Waals surface area contributed by atoms with E-state index >= 15 is 0 Å². The molecule has 0 fully saturated rings. The molecule has 0 aromatic heterocycles. The number of carbonyl (C=O) groups excluding carboxylic acids is 1. The largest absolute Gasteiger partial charge is 0.458 e. The van der Waals surface area contributed by atoms with Crippen molar-refractivity contribution in [3.05, 3.63) is 48.0 Å². The van der Waals surface area contributed by atoms with Crippen molar-refractivity contribution in [1.82, 2.24) is 0 Å². The van der Waals surface area contributed by atoms with Crippen LogP contribution in [0.15, 0.2) is 47.5 Å². The molecule has 110 valence electrons. The first-order chi connectivity index (χ1) is 9.85. The molecule has 0 N–H and O–H groups in total. The molecule has 0 aliphatic rings. The standard InChI is InChI=1S/C18H21NO2/c1-13(17(20)21-18(2,3)4)19-12-14-9-10-15-7-5-6-8-16(15)11-14/h5-13H,1-4H3/b19-12+. The zero-order valence-electron chi connectivity index (χ0n) is 13.0. The second kappa shape index (κ2) is 6.08. The highest BCUT2D eigenvalue weighted by Crippen LogP contribution is 2.15. The number of benzene rings is 2. The summed E-state index contributed by atoms with van der Waals surface area (Å²) in [4.78, 5) is 16.1. The lowest BCUT2D eigenvalue weighted by Gasteiger charge is -2.20. The van der Waals surface area contributed by atoms with Crippen LogP contribution in [0.5, 0.6) is 0 Å². The Bertz CT molecular complexity index is 668. The van der Waals surface area contributed by atoms with E-state index in [-0.39, 0.29) is 5.97 Å². The SMILES string of the molecule is CC(/N=C/c1ccc2ccccc2c1)C(=O)OC(C)(C)C. The van der Waals surface area contributed by atoms with Gasteiger partial charge in [-0.3, -0.25) is 4.99 Å². The predicted octanol–water partition coefficient (Wildman–Crippen LogP) is 3.99. The summed E-state index contributed by atoms with van der Waals surface area (Å²) in [6.45, 7) is 7.30. The van der Waals surface area contributed by atoms with Crippen LogP contribution in [0, 0.1) is 0 Å². The first-order valence-corrected chi connectivity index (χ1v) is 7.10. The number of fused-ring (bicyclic) bond motifs is 1. The number of ether oxygens (including phenoxy) is 1. The van der Waals surface area contributed by atoms with Crippen LogP contribution >= 0.6 is 0 Å². The Labute approximate surface area is 125 Å². The van der Waals surface area contributed by atoms with Crippen molar-refractivity contribution < 1.29 is 9.53 Å². The Balaban J connectivity index is 2.10. The van der Waals surface area contributed by atoms with Gasteiger partial charge in [-0.15, -0.1) is 0 Å². The second-order valence-corrected chi connectivity index (χ2v) is 6.09. The maximum Gasteiger partial charge on any atom is 0.331 e. The predicted molar refractivity (Wildman–Crippen MR) is 86.8 cm³/mol. The zero-order valence-corrected chi connectivity index (χ0v) is 13.0. The summed E-state index contributed by atoms with van der Waals surface area (Å²) in [5, 5.41) is 2.35. The van der Waals surface area contributed by atoms with E-state index in [4.69, 9.17) is 4.74 Å². The van der Waals surface area contributed by atoms with Gasteiger partial charge in [0.1, 0.15) is 11.6 Å². The average molecular weight is 283 g/mol. The summed E-state index contributed by atoms with van der Waals surface area (Å²) >= 11 is 0. The molecule has 0 spiro atoms. The van der Waals surface area contributed by atoms with Crippen molar-refractivity contribution >= 4 is 23.0 Å². The van der Waals surface area contributed by atoms with Gasteiger partial charge in [0.15, 0.2) is 0 Å². The van der Waals surface area contributed by atoms with Gasteiger partial charge in [-0.25, -0.2) is 4.79 Å². The van der Waals surface area contributed by atoms with Crippen molar-refractivity contribution in [2.45, 2.75) is 39.3 Å². The first-order valence-electron chi connectivity index (χ1n) is 7.10. The molecule has 0 radical (unpaired) electrons. The number of rotatable bonds is 3. The number of carbonyl (C=O) groups is 1. The topological polar surface area (TPSA) is 38.7 Å². The smallest absolute Gasteiger partial charge is 0.331 e. The van der Waals surface area contributed by atoms with Gasteiger partial charge in [0.2, 0.25) is 0 Å². The Morgan fingerprint density at radius 2 is 1.81 bits per heavy atom. The van der Waals surface area contributed by atoms with Crippen LogP contribution in [0.25, 0.3) is 10.8 Å². The summed E-state index contributed by atoms with van der Waals surface area (Å²) in [6, 6.07) is 13.7. The number of hydrogen-bond acceptors (Lipinski definition) is 3. The van der Waals surface area contributed by atoms with E-state index < -0.39 is 11.6 Å². The van der Waals surface area contributed by atoms with Crippen LogP contribution in [-0.2, 0) is 9.53 Å². The molecule has 3 nitrogen and oxygen atoms in total. The second-order valence-electron chi connectivity index (χ2n) is 6.09. The van der Waals surface area contributed by atoms with E-state index in [1.807, 2.05) is 39.0 Å².